The fourth-order valence-corrected chi connectivity index (χ4v) is 7.44. The summed E-state index contributed by atoms with van der Waals surface area (Å²) in [6, 6.07) is 0. The number of aliphatic hydroxyl groups excluding tert-OH is 4. The first-order valence-corrected chi connectivity index (χ1v) is 24.7. The molecule has 0 aromatic carbocycles. The molecule has 1 rings (SSSR count). The Morgan fingerprint density at radius 2 is 1.00 bits per heavy atom. The van der Waals surface area contributed by atoms with E-state index in [2.05, 4.69) is 62.5 Å². The first kappa shape index (κ1) is 56.2. The number of unbranched alkanes of at least 4 members (excludes halogenated alkanes) is 23. The molecule has 1 heterocycles. The quantitative estimate of drug-likeness (QED) is 0.0269. The van der Waals surface area contributed by atoms with Crippen LogP contribution in [-0.2, 0) is 23.7 Å². The minimum Gasteiger partial charge on any atom is -0.457 e. The summed E-state index contributed by atoms with van der Waals surface area (Å²) >= 11 is 0. The number of allylic oxidation sites excluding steroid dienone is 8. The summed E-state index contributed by atoms with van der Waals surface area (Å²) in [7, 11) is 0. The molecule has 9 nitrogen and oxygen atoms in total. The van der Waals surface area contributed by atoms with Crippen LogP contribution in [0.4, 0.5) is 0 Å². The van der Waals surface area contributed by atoms with Crippen molar-refractivity contribution in [3.8, 4) is 0 Å². The van der Waals surface area contributed by atoms with Crippen LogP contribution in [0.1, 0.15) is 206 Å². The molecule has 0 aromatic heterocycles. The third kappa shape index (κ3) is 32.8. The second kappa shape index (κ2) is 42.5. The molecule has 9 heteroatoms. The molecule has 0 radical (unpaired) electrons. The van der Waals surface area contributed by atoms with Gasteiger partial charge in [0.1, 0.15) is 30.5 Å². The van der Waals surface area contributed by atoms with E-state index in [1.807, 2.05) is 0 Å². The van der Waals surface area contributed by atoms with Gasteiger partial charge >= 0.3 is 5.97 Å². The number of rotatable bonds is 42. The van der Waals surface area contributed by atoms with Gasteiger partial charge < -0.3 is 39.4 Å². The Labute approximate surface area is 367 Å². The molecule has 6 atom stereocenters. The van der Waals surface area contributed by atoms with Gasteiger partial charge in [0.2, 0.25) is 0 Å². The largest absolute Gasteiger partial charge is 0.457 e. The summed E-state index contributed by atoms with van der Waals surface area (Å²) in [5.41, 5.74) is 0. The lowest BCUT2D eigenvalue weighted by Gasteiger charge is -2.39. The van der Waals surface area contributed by atoms with Crippen LogP contribution < -0.4 is 0 Å². The monoisotopic (exact) mass is 849 g/mol. The third-order valence-electron chi connectivity index (χ3n) is 11.3. The highest BCUT2D eigenvalue weighted by Crippen LogP contribution is 2.23. The number of hydrogen-bond donors (Lipinski definition) is 4. The fourth-order valence-electron chi connectivity index (χ4n) is 7.44. The Bertz CT molecular complexity index is 1060. The summed E-state index contributed by atoms with van der Waals surface area (Å²) in [6.07, 6.45) is 45.9. The SMILES string of the molecule is CC/C=C\C/C=C\C/C=C\C/C=C\CCCOCC(COC1OC(CO)C(O)C(O)C1O)OC(=O)CCCCCCCCCCCCCCCCCCCCCCCCC. The van der Waals surface area contributed by atoms with Crippen molar-refractivity contribution in [1.82, 2.24) is 0 Å². The van der Waals surface area contributed by atoms with Gasteiger partial charge in [0.15, 0.2) is 6.29 Å². The average molecular weight is 849 g/mol. The number of ether oxygens (including phenoxy) is 4. The van der Waals surface area contributed by atoms with Crippen LogP contribution in [-0.4, -0.2) is 89.6 Å². The van der Waals surface area contributed by atoms with Crippen molar-refractivity contribution < 1.29 is 44.2 Å². The molecular weight excluding hydrogens is 757 g/mol. The van der Waals surface area contributed by atoms with Gasteiger partial charge in [-0.05, 0) is 44.9 Å². The Morgan fingerprint density at radius 1 is 0.550 bits per heavy atom. The molecule has 350 valence electrons. The Kier molecular flexibility index (Phi) is 39.7. The number of carbonyl (C=O) groups is 1. The lowest BCUT2D eigenvalue weighted by atomic mass is 9.99. The van der Waals surface area contributed by atoms with E-state index in [0.29, 0.717) is 13.0 Å². The molecule has 0 aromatic rings. The maximum Gasteiger partial charge on any atom is 0.306 e. The zero-order valence-corrected chi connectivity index (χ0v) is 38.5. The van der Waals surface area contributed by atoms with Crippen LogP contribution in [0, 0.1) is 0 Å². The zero-order valence-electron chi connectivity index (χ0n) is 38.5. The first-order valence-electron chi connectivity index (χ1n) is 24.7. The molecule has 4 N–H and O–H groups in total. The predicted molar refractivity (Wildman–Crippen MR) is 247 cm³/mol. The Morgan fingerprint density at radius 3 is 1.47 bits per heavy atom. The number of hydrogen-bond acceptors (Lipinski definition) is 9. The highest BCUT2D eigenvalue weighted by molar-refractivity contribution is 5.69. The molecule has 60 heavy (non-hydrogen) atoms. The standard InChI is InChI=1S/C51H92O9/c1-3-5-7-9-11-13-15-17-19-20-21-22-23-24-25-26-27-28-30-32-34-36-38-40-47(53)59-45(44-58-51-50(56)49(55)48(54)46(42-52)60-51)43-57-41-39-37-35-33-31-29-18-16-14-12-10-8-6-4-2/h6,8,12,14,18,29,33,35,45-46,48-52,54-56H,3-5,7,9-11,13,15-17,19-28,30-32,34,36-44H2,1-2H3/b8-6-,14-12-,29-18-,35-33-. The van der Waals surface area contributed by atoms with Crippen molar-refractivity contribution in [1.29, 1.82) is 0 Å². The van der Waals surface area contributed by atoms with Crippen LogP contribution in [0.15, 0.2) is 48.6 Å². The molecule has 1 aliphatic heterocycles. The molecule has 0 bridgehead atoms. The highest BCUT2D eigenvalue weighted by Gasteiger charge is 2.44. The molecule has 1 fully saturated rings. The summed E-state index contributed by atoms with van der Waals surface area (Å²) < 4.78 is 22.8. The van der Waals surface area contributed by atoms with Crippen molar-refractivity contribution in [2.24, 2.45) is 0 Å². The Hall–Kier alpha value is -1.85. The van der Waals surface area contributed by atoms with Crippen molar-refractivity contribution in [2.45, 2.75) is 243 Å². The predicted octanol–water partition coefficient (Wildman–Crippen LogP) is 11.7. The molecule has 0 spiro atoms. The molecule has 1 saturated heterocycles. The van der Waals surface area contributed by atoms with Gasteiger partial charge in [0.25, 0.3) is 0 Å². The minimum atomic E-state index is -1.55. The van der Waals surface area contributed by atoms with Crippen LogP contribution in [0.2, 0.25) is 0 Å². The average Bonchev–Trinajstić information content (AvgIpc) is 3.25. The summed E-state index contributed by atoms with van der Waals surface area (Å²) in [5, 5.41) is 40.2. The zero-order chi connectivity index (χ0) is 43.6. The van der Waals surface area contributed by atoms with Crippen LogP contribution in [0.3, 0.4) is 0 Å². The Balaban J connectivity index is 2.20. The summed E-state index contributed by atoms with van der Waals surface area (Å²) in [6.45, 7) is 4.32. The first-order chi connectivity index (χ1) is 29.4. The fraction of sp³-hybridized carbons (Fsp3) is 0.824. The maximum absolute atomic E-state index is 12.8. The van der Waals surface area contributed by atoms with E-state index in [9.17, 15) is 25.2 Å². The molecule has 0 aliphatic carbocycles. The molecule has 1 aliphatic rings. The van der Waals surface area contributed by atoms with Crippen LogP contribution >= 0.6 is 0 Å². The van der Waals surface area contributed by atoms with E-state index in [1.54, 1.807) is 0 Å². The number of aliphatic hydroxyl groups is 4. The van der Waals surface area contributed by atoms with Crippen LogP contribution in [0.5, 0.6) is 0 Å². The molecule has 0 saturated carbocycles. The van der Waals surface area contributed by atoms with E-state index in [-0.39, 0.29) is 19.2 Å². The van der Waals surface area contributed by atoms with Gasteiger partial charge in [0, 0.05) is 13.0 Å². The topological polar surface area (TPSA) is 135 Å². The van der Waals surface area contributed by atoms with Gasteiger partial charge in [-0.2, -0.15) is 0 Å². The van der Waals surface area contributed by atoms with E-state index >= 15 is 0 Å². The molecule has 6 unspecified atom stereocenters. The van der Waals surface area contributed by atoms with Crippen molar-refractivity contribution in [3.63, 3.8) is 0 Å². The van der Waals surface area contributed by atoms with Gasteiger partial charge in [-0.1, -0.05) is 204 Å². The summed E-state index contributed by atoms with van der Waals surface area (Å²) in [4.78, 5) is 12.8. The third-order valence-corrected chi connectivity index (χ3v) is 11.3. The van der Waals surface area contributed by atoms with Crippen LogP contribution in [0.25, 0.3) is 0 Å². The van der Waals surface area contributed by atoms with Crippen molar-refractivity contribution >= 4 is 5.97 Å². The van der Waals surface area contributed by atoms with Gasteiger partial charge in [0.05, 0.1) is 19.8 Å². The van der Waals surface area contributed by atoms with E-state index in [0.717, 1.165) is 57.8 Å². The summed E-state index contributed by atoms with van der Waals surface area (Å²) in [5.74, 6) is -0.329. The van der Waals surface area contributed by atoms with Gasteiger partial charge in [-0.3, -0.25) is 4.79 Å². The number of esters is 1. The normalized spacial score (nSPS) is 20.4. The van der Waals surface area contributed by atoms with E-state index < -0.39 is 43.4 Å². The molecular formula is C51H92O9. The second-order valence-electron chi connectivity index (χ2n) is 16.9. The van der Waals surface area contributed by atoms with E-state index in [4.69, 9.17) is 18.9 Å². The molecule has 0 amide bonds. The maximum atomic E-state index is 12.8. The minimum absolute atomic E-state index is 0.108. The van der Waals surface area contributed by atoms with Crippen molar-refractivity contribution in [3.05, 3.63) is 48.6 Å². The lowest BCUT2D eigenvalue weighted by molar-refractivity contribution is -0.305. The second-order valence-corrected chi connectivity index (χ2v) is 16.9. The van der Waals surface area contributed by atoms with Gasteiger partial charge in [-0.15, -0.1) is 0 Å². The van der Waals surface area contributed by atoms with Gasteiger partial charge in [-0.25, -0.2) is 0 Å². The van der Waals surface area contributed by atoms with E-state index in [1.165, 1.54) is 128 Å². The highest BCUT2D eigenvalue weighted by atomic mass is 16.7. The lowest BCUT2D eigenvalue weighted by Crippen LogP contribution is -2.59. The smallest absolute Gasteiger partial charge is 0.306 e. The van der Waals surface area contributed by atoms with Crippen molar-refractivity contribution in [2.75, 3.05) is 26.4 Å². The number of carbonyl (C=O) groups excluding carboxylic acids is 1.